The topological polar surface area (TPSA) is 45.6 Å². The van der Waals surface area contributed by atoms with E-state index in [0.717, 1.165) is 5.56 Å². The van der Waals surface area contributed by atoms with Gasteiger partial charge >= 0.3 is 0 Å². The Kier molecular flexibility index (Phi) is 6.41. The minimum absolute atomic E-state index is 0.228. The molecule has 0 spiro atoms. The molecule has 0 atom stereocenters. The molecule has 0 radical (unpaired) electrons. The summed E-state index contributed by atoms with van der Waals surface area (Å²) in [5.74, 6) is 3.11. The van der Waals surface area contributed by atoms with Crippen LogP contribution in [0.1, 0.15) is 19.4 Å². The molecule has 0 unspecified atom stereocenters. The third-order valence-electron chi connectivity index (χ3n) is 2.02. The molecule has 100 valence electrons. The lowest BCUT2D eigenvalue weighted by atomic mass is 10.2. The van der Waals surface area contributed by atoms with Crippen molar-refractivity contribution in [1.82, 2.24) is 10.7 Å². The van der Waals surface area contributed by atoms with Gasteiger partial charge in [0.15, 0.2) is 5.11 Å². The van der Waals surface area contributed by atoms with Crippen molar-refractivity contribution in [2.45, 2.75) is 19.9 Å². The van der Waals surface area contributed by atoms with Gasteiger partial charge in [0.05, 0.1) is 6.21 Å². The van der Waals surface area contributed by atoms with Gasteiger partial charge in [-0.15, -0.1) is 6.42 Å². The average Bonchev–Trinajstić information content (AvgIpc) is 2.36. The van der Waals surface area contributed by atoms with E-state index in [1.807, 2.05) is 38.1 Å². The van der Waals surface area contributed by atoms with Gasteiger partial charge in [0, 0.05) is 11.6 Å². The summed E-state index contributed by atoms with van der Waals surface area (Å²) in [6.07, 6.45) is 6.81. The molecule has 0 bridgehead atoms. The van der Waals surface area contributed by atoms with Crippen LogP contribution >= 0.6 is 12.2 Å². The highest BCUT2D eigenvalue weighted by atomic mass is 32.1. The molecular formula is C14H17N3OS. The second-order valence-electron chi connectivity index (χ2n) is 4.03. The normalized spacial score (nSPS) is 10.2. The quantitative estimate of drug-likeness (QED) is 0.373. The van der Waals surface area contributed by atoms with Gasteiger partial charge < -0.3 is 10.1 Å². The van der Waals surface area contributed by atoms with Gasteiger partial charge in [0.25, 0.3) is 0 Å². The molecule has 1 rings (SSSR count). The van der Waals surface area contributed by atoms with Crippen LogP contribution in [0.2, 0.25) is 0 Å². The van der Waals surface area contributed by atoms with Crippen molar-refractivity contribution in [2.75, 3.05) is 6.61 Å². The number of hydrogen-bond donors (Lipinski definition) is 2. The molecule has 0 heterocycles. The zero-order valence-electron chi connectivity index (χ0n) is 11.0. The third kappa shape index (κ3) is 5.89. The number of rotatable bonds is 5. The number of thiocarbonyl (C=S) groups is 1. The van der Waals surface area contributed by atoms with Gasteiger partial charge in [0.1, 0.15) is 12.4 Å². The summed E-state index contributed by atoms with van der Waals surface area (Å²) < 4.78 is 5.40. The number of ether oxygens (including phenoxy) is 1. The van der Waals surface area contributed by atoms with Crippen LogP contribution in [0.15, 0.2) is 29.4 Å². The van der Waals surface area contributed by atoms with Crippen LogP contribution in [-0.4, -0.2) is 24.0 Å². The molecule has 0 aliphatic carbocycles. The molecule has 1 aromatic rings. The van der Waals surface area contributed by atoms with E-state index in [0.29, 0.717) is 10.9 Å². The van der Waals surface area contributed by atoms with E-state index in [-0.39, 0.29) is 12.6 Å². The number of para-hydroxylation sites is 1. The molecule has 1 aromatic carbocycles. The Balaban J connectivity index is 2.61. The number of nitrogens with one attached hydrogen (secondary N) is 2. The van der Waals surface area contributed by atoms with Crippen LogP contribution in [0.3, 0.4) is 0 Å². The fourth-order valence-corrected chi connectivity index (χ4v) is 1.58. The smallest absolute Gasteiger partial charge is 0.187 e. The van der Waals surface area contributed by atoms with Gasteiger partial charge in [-0.1, -0.05) is 18.1 Å². The van der Waals surface area contributed by atoms with Crippen molar-refractivity contribution in [3.05, 3.63) is 29.8 Å². The van der Waals surface area contributed by atoms with Crippen molar-refractivity contribution in [2.24, 2.45) is 5.10 Å². The van der Waals surface area contributed by atoms with Crippen molar-refractivity contribution in [3.8, 4) is 18.1 Å². The van der Waals surface area contributed by atoms with Crippen LogP contribution in [-0.2, 0) is 0 Å². The molecule has 0 aliphatic rings. The lowest BCUT2D eigenvalue weighted by molar-refractivity contribution is 0.370. The first-order valence-electron chi connectivity index (χ1n) is 5.88. The Bertz CT molecular complexity index is 492. The minimum Gasteiger partial charge on any atom is -0.480 e. The van der Waals surface area contributed by atoms with Gasteiger partial charge in [-0.05, 0) is 38.2 Å². The van der Waals surface area contributed by atoms with E-state index < -0.39 is 0 Å². The highest BCUT2D eigenvalue weighted by Crippen LogP contribution is 2.15. The van der Waals surface area contributed by atoms with E-state index in [1.165, 1.54) is 0 Å². The Morgan fingerprint density at radius 2 is 2.26 bits per heavy atom. The molecule has 0 amide bonds. The summed E-state index contributed by atoms with van der Waals surface area (Å²) >= 11 is 5.05. The monoisotopic (exact) mass is 275 g/mol. The van der Waals surface area contributed by atoms with Crippen LogP contribution in [0.25, 0.3) is 0 Å². The molecule has 0 saturated carbocycles. The van der Waals surface area contributed by atoms with E-state index in [9.17, 15) is 0 Å². The second-order valence-corrected chi connectivity index (χ2v) is 4.44. The molecule has 5 heteroatoms. The second kappa shape index (κ2) is 8.11. The van der Waals surface area contributed by atoms with Crippen molar-refractivity contribution in [3.63, 3.8) is 0 Å². The molecular weight excluding hydrogens is 258 g/mol. The third-order valence-corrected chi connectivity index (χ3v) is 2.23. The predicted octanol–water partition coefficient (Wildman–Crippen LogP) is 1.90. The van der Waals surface area contributed by atoms with Crippen molar-refractivity contribution in [1.29, 1.82) is 0 Å². The fraction of sp³-hybridized carbons (Fsp3) is 0.286. The summed E-state index contributed by atoms with van der Waals surface area (Å²) in [6, 6.07) is 7.76. The zero-order valence-corrected chi connectivity index (χ0v) is 11.8. The Hall–Kier alpha value is -2.06. The lowest BCUT2D eigenvalue weighted by Gasteiger charge is -2.09. The predicted molar refractivity (Wildman–Crippen MR) is 82.4 cm³/mol. The Morgan fingerprint density at radius 1 is 1.53 bits per heavy atom. The summed E-state index contributed by atoms with van der Waals surface area (Å²) in [5.41, 5.74) is 3.57. The molecule has 0 aliphatic heterocycles. The fourth-order valence-electron chi connectivity index (χ4n) is 1.29. The van der Waals surface area contributed by atoms with Gasteiger partial charge in [-0.3, -0.25) is 5.43 Å². The summed E-state index contributed by atoms with van der Waals surface area (Å²) in [6.45, 7) is 4.23. The SMILES string of the molecule is C#CCOc1ccccc1/C=N\NC(=S)NC(C)C. The highest BCUT2D eigenvalue weighted by molar-refractivity contribution is 7.80. The van der Waals surface area contributed by atoms with E-state index in [4.69, 9.17) is 23.4 Å². The van der Waals surface area contributed by atoms with Crippen LogP contribution in [0.5, 0.6) is 5.75 Å². The van der Waals surface area contributed by atoms with Crippen LogP contribution in [0.4, 0.5) is 0 Å². The first-order chi connectivity index (χ1) is 9.13. The molecule has 19 heavy (non-hydrogen) atoms. The highest BCUT2D eigenvalue weighted by Gasteiger charge is 2.00. The molecule has 0 saturated heterocycles. The molecule has 2 N–H and O–H groups in total. The summed E-state index contributed by atoms with van der Waals surface area (Å²) in [5, 5.41) is 7.56. The summed E-state index contributed by atoms with van der Waals surface area (Å²) in [7, 11) is 0. The number of terminal acetylenes is 1. The lowest BCUT2D eigenvalue weighted by Crippen LogP contribution is -2.36. The molecule has 0 fully saturated rings. The maximum Gasteiger partial charge on any atom is 0.187 e. The first-order valence-corrected chi connectivity index (χ1v) is 6.29. The zero-order chi connectivity index (χ0) is 14.1. The molecule has 4 nitrogen and oxygen atoms in total. The van der Waals surface area contributed by atoms with E-state index in [2.05, 4.69) is 21.8 Å². The first kappa shape index (κ1) is 15.0. The van der Waals surface area contributed by atoms with Crippen LogP contribution < -0.4 is 15.5 Å². The minimum atomic E-state index is 0.228. The average molecular weight is 275 g/mol. The van der Waals surface area contributed by atoms with Gasteiger partial charge in [-0.25, -0.2) is 0 Å². The van der Waals surface area contributed by atoms with Crippen LogP contribution in [0, 0.1) is 12.3 Å². The standard InChI is InChI=1S/C14H17N3OS/c1-4-9-18-13-8-6-5-7-12(13)10-15-17-14(19)16-11(2)3/h1,5-8,10-11H,9H2,2-3H3,(H2,16,17,19)/b15-10-. The molecule has 0 aromatic heterocycles. The van der Waals surface area contributed by atoms with Gasteiger partial charge in [-0.2, -0.15) is 5.10 Å². The van der Waals surface area contributed by atoms with E-state index >= 15 is 0 Å². The number of hydrazone groups is 1. The number of hydrogen-bond acceptors (Lipinski definition) is 3. The summed E-state index contributed by atoms with van der Waals surface area (Å²) in [4.78, 5) is 0. The largest absolute Gasteiger partial charge is 0.480 e. The maximum absolute atomic E-state index is 5.40. The van der Waals surface area contributed by atoms with Crippen molar-refractivity contribution < 1.29 is 4.74 Å². The number of nitrogens with zero attached hydrogens (tertiary/aromatic N) is 1. The van der Waals surface area contributed by atoms with E-state index in [1.54, 1.807) is 6.21 Å². The Labute approximate surface area is 119 Å². The maximum atomic E-state index is 5.40. The van der Waals surface area contributed by atoms with Crippen molar-refractivity contribution >= 4 is 23.5 Å². The van der Waals surface area contributed by atoms with Gasteiger partial charge in [0.2, 0.25) is 0 Å². The number of benzene rings is 1. The Morgan fingerprint density at radius 3 is 2.95 bits per heavy atom.